The van der Waals surface area contributed by atoms with Gasteiger partial charge in [-0.2, -0.15) is 5.10 Å². The first-order valence-electron chi connectivity index (χ1n) is 6.20. The van der Waals surface area contributed by atoms with Gasteiger partial charge in [0.2, 0.25) is 0 Å². The second-order valence-corrected chi connectivity index (χ2v) is 4.65. The summed E-state index contributed by atoms with van der Waals surface area (Å²) in [5.74, 6) is 0.675. The van der Waals surface area contributed by atoms with Crippen molar-refractivity contribution in [3.8, 4) is 11.1 Å². The zero-order valence-corrected chi connectivity index (χ0v) is 11.3. The third-order valence-electron chi connectivity index (χ3n) is 3.38. The monoisotopic (exact) mass is 256 g/mol. The highest BCUT2D eigenvalue weighted by atomic mass is 16.3. The van der Waals surface area contributed by atoms with Gasteiger partial charge in [0.1, 0.15) is 5.52 Å². The van der Waals surface area contributed by atoms with Gasteiger partial charge < -0.3 is 10.2 Å². The quantitative estimate of drug-likeness (QED) is 0.763. The summed E-state index contributed by atoms with van der Waals surface area (Å²) in [6.07, 6.45) is 0. The Morgan fingerprint density at radius 2 is 2.11 bits per heavy atom. The minimum atomic E-state index is 0.421. The smallest absolute Gasteiger partial charge is 0.192 e. The van der Waals surface area contributed by atoms with E-state index in [-0.39, 0.29) is 0 Å². The normalized spacial score (nSPS) is 11.4. The molecular weight excluding hydrogens is 240 g/mol. The maximum atomic E-state index is 5.78. The number of oxazole rings is 1. The van der Waals surface area contributed by atoms with Gasteiger partial charge in [0, 0.05) is 31.8 Å². The van der Waals surface area contributed by atoms with E-state index in [0.29, 0.717) is 12.4 Å². The van der Waals surface area contributed by atoms with Gasteiger partial charge in [-0.3, -0.25) is 4.68 Å². The summed E-state index contributed by atoms with van der Waals surface area (Å²) < 4.78 is 7.44. The highest BCUT2D eigenvalue weighted by molar-refractivity contribution is 5.81. The van der Waals surface area contributed by atoms with Crippen molar-refractivity contribution in [2.24, 2.45) is 12.8 Å². The van der Waals surface area contributed by atoms with Crippen LogP contribution in [0.15, 0.2) is 22.6 Å². The fourth-order valence-electron chi connectivity index (χ4n) is 2.39. The molecule has 19 heavy (non-hydrogen) atoms. The molecule has 0 unspecified atom stereocenters. The molecule has 2 N–H and O–H groups in total. The van der Waals surface area contributed by atoms with Gasteiger partial charge in [0.25, 0.3) is 0 Å². The van der Waals surface area contributed by atoms with Crippen LogP contribution in [0.3, 0.4) is 0 Å². The van der Waals surface area contributed by atoms with Crippen LogP contribution in [0, 0.1) is 13.8 Å². The predicted octanol–water partition coefficient (Wildman–Crippen LogP) is 2.30. The zero-order chi connectivity index (χ0) is 13.6. The Kier molecular flexibility index (Phi) is 2.64. The van der Waals surface area contributed by atoms with Crippen LogP contribution in [0.1, 0.15) is 17.3 Å². The van der Waals surface area contributed by atoms with Gasteiger partial charge in [-0.05, 0) is 24.6 Å². The first kappa shape index (κ1) is 11.9. The SMILES string of the molecule is Cc1nc2ccc(-c3c(CN)nn(C)c3C)cc2o1. The molecule has 0 aliphatic heterocycles. The first-order valence-corrected chi connectivity index (χ1v) is 6.20. The van der Waals surface area contributed by atoms with Crippen molar-refractivity contribution in [1.82, 2.24) is 14.8 Å². The molecule has 3 rings (SSSR count). The highest BCUT2D eigenvalue weighted by Gasteiger charge is 2.15. The van der Waals surface area contributed by atoms with Crippen LogP contribution in [-0.4, -0.2) is 14.8 Å². The molecule has 0 spiro atoms. The molecule has 0 saturated carbocycles. The number of hydrogen-bond donors (Lipinski definition) is 1. The Hall–Kier alpha value is -2.14. The Bertz CT molecular complexity index is 754. The molecule has 2 heterocycles. The largest absolute Gasteiger partial charge is 0.441 e. The van der Waals surface area contributed by atoms with Crippen molar-refractivity contribution in [3.05, 3.63) is 35.5 Å². The second-order valence-electron chi connectivity index (χ2n) is 4.65. The van der Waals surface area contributed by atoms with Crippen LogP contribution < -0.4 is 5.73 Å². The van der Waals surface area contributed by atoms with Gasteiger partial charge in [0.15, 0.2) is 11.5 Å². The van der Waals surface area contributed by atoms with Gasteiger partial charge in [-0.25, -0.2) is 4.98 Å². The van der Waals surface area contributed by atoms with Crippen molar-refractivity contribution in [2.45, 2.75) is 20.4 Å². The summed E-state index contributed by atoms with van der Waals surface area (Å²) in [6.45, 7) is 4.31. The molecule has 98 valence electrons. The summed E-state index contributed by atoms with van der Waals surface area (Å²) in [4.78, 5) is 4.31. The fraction of sp³-hybridized carbons (Fsp3) is 0.286. The van der Waals surface area contributed by atoms with E-state index in [2.05, 4.69) is 10.1 Å². The summed E-state index contributed by atoms with van der Waals surface area (Å²) in [5, 5.41) is 4.44. The number of rotatable bonds is 2. The van der Waals surface area contributed by atoms with Crippen LogP contribution in [-0.2, 0) is 13.6 Å². The van der Waals surface area contributed by atoms with Crippen LogP contribution in [0.5, 0.6) is 0 Å². The van der Waals surface area contributed by atoms with E-state index in [0.717, 1.165) is 33.6 Å². The third kappa shape index (κ3) is 1.82. The van der Waals surface area contributed by atoms with E-state index in [1.807, 2.05) is 43.8 Å². The van der Waals surface area contributed by atoms with Crippen molar-refractivity contribution >= 4 is 11.1 Å². The summed E-state index contributed by atoms with van der Waals surface area (Å²) in [7, 11) is 1.93. The average Bonchev–Trinajstić information content (AvgIpc) is 2.88. The maximum absolute atomic E-state index is 5.78. The number of nitrogens with two attached hydrogens (primary N) is 1. The summed E-state index contributed by atoms with van der Waals surface area (Å²) in [5.41, 5.74) is 11.6. The highest BCUT2D eigenvalue weighted by Crippen LogP contribution is 2.29. The average molecular weight is 256 g/mol. The van der Waals surface area contributed by atoms with Crippen LogP contribution >= 0.6 is 0 Å². The second kappa shape index (κ2) is 4.20. The third-order valence-corrected chi connectivity index (χ3v) is 3.38. The zero-order valence-electron chi connectivity index (χ0n) is 11.3. The van der Waals surface area contributed by atoms with E-state index < -0.39 is 0 Å². The molecule has 0 aliphatic carbocycles. The van der Waals surface area contributed by atoms with Crippen molar-refractivity contribution in [3.63, 3.8) is 0 Å². The summed E-state index contributed by atoms with van der Waals surface area (Å²) in [6, 6.07) is 6.00. The van der Waals surface area contributed by atoms with Crippen LogP contribution in [0.25, 0.3) is 22.2 Å². The molecule has 0 aliphatic rings. The molecule has 0 atom stereocenters. The van der Waals surface area contributed by atoms with Crippen molar-refractivity contribution in [2.75, 3.05) is 0 Å². The molecule has 0 radical (unpaired) electrons. The molecule has 5 heteroatoms. The molecule has 2 aromatic heterocycles. The van der Waals surface area contributed by atoms with Gasteiger partial charge >= 0.3 is 0 Å². The molecule has 0 fully saturated rings. The van der Waals surface area contributed by atoms with Gasteiger partial charge in [-0.1, -0.05) is 6.07 Å². The number of hydrogen-bond acceptors (Lipinski definition) is 4. The predicted molar refractivity (Wildman–Crippen MR) is 73.6 cm³/mol. The van der Waals surface area contributed by atoms with E-state index in [9.17, 15) is 0 Å². The van der Waals surface area contributed by atoms with Gasteiger partial charge in [-0.15, -0.1) is 0 Å². The lowest BCUT2D eigenvalue weighted by Crippen LogP contribution is -1.99. The molecule has 5 nitrogen and oxygen atoms in total. The van der Waals surface area contributed by atoms with Crippen molar-refractivity contribution in [1.29, 1.82) is 0 Å². The molecule has 3 aromatic rings. The Labute approximate surface area is 111 Å². The maximum Gasteiger partial charge on any atom is 0.192 e. The first-order chi connectivity index (χ1) is 9.10. The number of aromatic nitrogens is 3. The van der Waals surface area contributed by atoms with E-state index in [4.69, 9.17) is 10.2 Å². The van der Waals surface area contributed by atoms with Crippen LogP contribution in [0.2, 0.25) is 0 Å². The minimum absolute atomic E-state index is 0.421. The Balaban J connectivity index is 2.23. The number of nitrogens with zero attached hydrogens (tertiary/aromatic N) is 3. The van der Waals surface area contributed by atoms with E-state index in [1.165, 1.54) is 0 Å². The lowest BCUT2D eigenvalue weighted by atomic mass is 10.0. The summed E-state index contributed by atoms with van der Waals surface area (Å²) >= 11 is 0. The van der Waals surface area contributed by atoms with Crippen LogP contribution in [0.4, 0.5) is 0 Å². The molecule has 0 saturated heterocycles. The molecule has 0 amide bonds. The van der Waals surface area contributed by atoms with E-state index in [1.54, 1.807) is 0 Å². The molecular formula is C14H16N4O. The number of fused-ring (bicyclic) bond motifs is 1. The molecule has 1 aromatic carbocycles. The standard InChI is InChI=1S/C14H16N4O/c1-8-14(12(7-15)17-18(8)3)10-4-5-11-13(6-10)19-9(2)16-11/h4-6H,7,15H2,1-3H3. The minimum Gasteiger partial charge on any atom is -0.441 e. The fourth-order valence-corrected chi connectivity index (χ4v) is 2.39. The molecule has 0 bridgehead atoms. The van der Waals surface area contributed by atoms with E-state index >= 15 is 0 Å². The Morgan fingerprint density at radius 1 is 1.32 bits per heavy atom. The van der Waals surface area contributed by atoms with Gasteiger partial charge in [0.05, 0.1) is 5.69 Å². The lowest BCUT2D eigenvalue weighted by Gasteiger charge is -2.02. The topological polar surface area (TPSA) is 69.9 Å². The number of benzene rings is 1. The van der Waals surface area contributed by atoms with Crippen molar-refractivity contribution < 1.29 is 4.42 Å². The Morgan fingerprint density at radius 3 is 2.84 bits per heavy atom. The number of aryl methyl sites for hydroxylation is 2. The lowest BCUT2D eigenvalue weighted by molar-refractivity contribution is 0.561.